The van der Waals surface area contributed by atoms with E-state index in [2.05, 4.69) is 0 Å². The second-order valence-corrected chi connectivity index (χ2v) is 2.67. The van der Waals surface area contributed by atoms with Crippen LogP contribution in [0.1, 0.15) is 10.4 Å². The van der Waals surface area contributed by atoms with Gasteiger partial charge in [-0.15, -0.1) is 0 Å². The molecule has 4 nitrogen and oxygen atoms in total. The number of nitrogens with two attached hydrogens (primary N) is 2. The maximum Gasteiger partial charge on any atom is 0.337 e. The van der Waals surface area contributed by atoms with Crippen molar-refractivity contribution in [2.75, 3.05) is 11.5 Å². The summed E-state index contributed by atoms with van der Waals surface area (Å²) in [5, 5.41) is 8.69. The summed E-state index contributed by atoms with van der Waals surface area (Å²) in [6.45, 7) is 0. The highest BCUT2D eigenvalue weighted by Crippen LogP contribution is 2.24. The Hall–Kier alpha value is -1.42. The first-order valence-electron chi connectivity index (χ1n) is 3.10. The quantitative estimate of drug-likeness (QED) is 0.575. The fraction of sp³-hybridized carbons (Fsp3) is 0. The van der Waals surface area contributed by atoms with Crippen LogP contribution in [-0.2, 0) is 0 Å². The number of carboxylic acid groups (broad SMARTS) is 1. The molecular weight excluding hydrogens is 180 g/mol. The van der Waals surface area contributed by atoms with E-state index in [0.717, 1.165) is 0 Å². The van der Waals surface area contributed by atoms with Crippen molar-refractivity contribution in [1.82, 2.24) is 0 Å². The molecule has 0 aliphatic carbocycles. The van der Waals surface area contributed by atoms with Gasteiger partial charge in [-0.25, -0.2) is 4.79 Å². The number of anilines is 2. The van der Waals surface area contributed by atoms with E-state index in [1.807, 2.05) is 0 Å². The third-order valence-electron chi connectivity index (χ3n) is 1.40. The number of carboxylic acids is 1. The van der Waals surface area contributed by atoms with Gasteiger partial charge in [-0.05, 0) is 12.1 Å². The molecule has 0 heterocycles. The maximum atomic E-state index is 10.5. The van der Waals surface area contributed by atoms with Crippen LogP contribution in [0.15, 0.2) is 12.1 Å². The number of hydrogen-bond acceptors (Lipinski definition) is 3. The third kappa shape index (κ3) is 1.43. The van der Waals surface area contributed by atoms with Gasteiger partial charge in [-0.2, -0.15) is 0 Å². The molecule has 1 aromatic rings. The van der Waals surface area contributed by atoms with Crippen LogP contribution < -0.4 is 11.5 Å². The van der Waals surface area contributed by atoms with Gasteiger partial charge in [0.05, 0.1) is 22.0 Å². The van der Waals surface area contributed by atoms with Crippen LogP contribution in [0.2, 0.25) is 5.02 Å². The second kappa shape index (κ2) is 2.91. The lowest BCUT2D eigenvalue weighted by Gasteiger charge is -2.03. The van der Waals surface area contributed by atoms with Crippen LogP contribution in [0, 0.1) is 0 Å². The molecule has 12 heavy (non-hydrogen) atoms. The zero-order valence-corrected chi connectivity index (χ0v) is 6.80. The summed E-state index contributed by atoms with van der Waals surface area (Å²) in [6, 6.07) is 2.56. The minimum atomic E-state index is -1.12. The highest BCUT2D eigenvalue weighted by Gasteiger charge is 2.10. The van der Waals surface area contributed by atoms with Crippen molar-refractivity contribution in [3.63, 3.8) is 0 Å². The lowest BCUT2D eigenvalue weighted by atomic mass is 10.2. The number of halogens is 1. The average Bonchev–Trinajstić information content (AvgIpc) is 1.96. The van der Waals surface area contributed by atoms with Crippen molar-refractivity contribution < 1.29 is 9.90 Å². The Kier molecular flexibility index (Phi) is 2.10. The van der Waals surface area contributed by atoms with Gasteiger partial charge < -0.3 is 16.6 Å². The molecule has 0 amide bonds. The van der Waals surface area contributed by atoms with Gasteiger partial charge in [0, 0.05) is 0 Å². The number of aromatic carboxylic acids is 1. The summed E-state index contributed by atoms with van der Waals surface area (Å²) in [5.74, 6) is -1.12. The zero-order valence-electron chi connectivity index (χ0n) is 6.04. The summed E-state index contributed by atoms with van der Waals surface area (Å²) < 4.78 is 0. The predicted molar refractivity (Wildman–Crippen MR) is 47.2 cm³/mol. The first-order valence-corrected chi connectivity index (χ1v) is 3.48. The van der Waals surface area contributed by atoms with Crippen LogP contribution in [0.3, 0.4) is 0 Å². The molecule has 64 valence electrons. The van der Waals surface area contributed by atoms with Crippen molar-refractivity contribution in [2.45, 2.75) is 0 Å². The van der Waals surface area contributed by atoms with E-state index in [0.29, 0.717) is 0 Å². The van der Waals surface area contributed by atoms with Crippen LogP contribution in [0.4, 0.5) is 11.4 Å². The molecule has 0 saturated carbocycles. The number of carbonyl (C=O) groups is 1. The van der Waals surface area contributed by atoms with E-state index in [1.165, 1.54) is 12.1 Å². The molecule has 0 aliphatic rings. The number of benzene rings is 1. The molecule has 0 fully saturated rings. The van der Waals surface area contributed by atoms with Crippen molar-refractivity contribution in [2.24, 2.45) is 0 Å². The maximum absolute atomic E-state index is 10.5. The molecule has 1 rings (SSSR count). The van der Waals surface area contributed by atoms with Gasteiger partial charge in [0.15, 0.2) is 0 Å². The van der Waals surface area contributed by atoms with Crippen LogP contribution >= 0.6 is 11.6 Å². The minimum Gasteiger partial charge on any atom is -0.478 e. The van der Waals surface area contributed by atoms with Crippen LogP contribution in [-0.4, -0.2) is 11.1 Å². The van der Waals surface area contributed by atoms with Gasteiger partial charge in [0.25, 0.3) is 0 Å². The number of nitrogen functional groups attached to an aromatic ring is 2. The third-order valence-corrected chi connectivity index (χ3v) is 1.72. The molecule has 0 spiro atoms. The molecule has 1 aromatic carbocycles. The normalized spacial score (nSPS) is 9.75. The summed E-state index contributed by atoms with van der Waals surface area (Å²) in [4.78, 5) is 10.5. The van der Waals surface area contributed by atoms with E-state index < -0.39 is 5.97 Å². The largest absolute Gasteiger partial charge is 0.478 e. The van der Waals surface area contributed by atoms with Crippen molar-refractivity contribution in [1.29, 1.82) is 0 Å². The van der Waals surface area contributed by atoms with Gasteiger partial charge >= 0.3 is 5.97 Å². The van der Waals surface area contributed by atoms with E-state index >= 15 is 0 Å². The SMILES string of the molecule is Nc1cc(Cl)c(C(=O)O)cc1N. The molecule has 0 radical (unpaired) electrons. The summed E-state index contributed by atoms with van der Waals surface area (Å²) in [6.07, 6.45) is 0. The van der Waals surface area contributed by atoms with Gasteiger partial charge in [0.2, 0.25) is 0 Å². The van der Waals surface area contributed by atoms with E-state index in [4.69, 9.17) is 28.2 Å². The fourth-order valence-electron chi connectivity index (χ4n) is 0.769. The first-order chi connectivity index (χ1) is 5.52. The summed E-state index contributed by atoms with van der Waals surface area (Å²) >= 11 is 5.58. The second-order valence-electron chi connectivity index (χ2n) is 2.27. The standard InChI is InChI=1S/C7H7ClN2O2/c8-4-2-6(10)5(9)1-3(4)7(11)12/h1-2H,9-10H2,(H,11,12). The Morgan fingerprint density at radius 1 is 1.33 bits per heavy atom. The fourth-order valence-corrected chi connectivity index (χ4v) is 1.02. The van der Waals surface area contributed by atoms with E-state index in [1.54, 1.807) is 0 Å². The Labute approximate surface area is 73.7 Å². The highest BCUT2D eigenvalue weighted by atomic mass is 35.5. The Bertz CT molecular complexity index is 338. The lowest BCUT2D eigenvalue weighted by molar-refractivity contribution is 0.0697. The molecule has 0 unspecified atom stereocenters. The average molecular weight is 187 g/mol. The molecule has 0 saturated heterocycles. The van der Waals surface area contributed by atoms with E-state index in [-0.39, 0.29) is 22.0 Å². The van der Waals surface area contributed by atoms with Crippen molar-refractivity contribution in [3.05, 3.63) is 22.7 Å². The zero-order chi connectivity index (χ0) is 9.30. The molecule has 5 heteroatoms. The van der Waals surface area contributed by atoms with Gasteiger partial charge in [0.1, 0.15) is 0 Å². The Morgan fingerprint density at radius 2 is 1.83 bits per heavy atom. The first kappa shape index (κ1) is 8.67. The molecule has 0 bridgehead atoms. The van der Waals surface area contributed by atoms with Gasteiger partial charge in [-0.1, -0.05) is 11.6 Å². The van der Waals surface area contributed by atoms with Crippen LogP contribution in [0.25, 0.3) is 0 Å². The topological polar surface area (TPSA) is 89.3 Å². The van der Waals surface area contributed by atoms with E-state index in [9.17, 15) is 4.79 Å². The summed E-state index contributed by atoms with van der Waals surface area (Å²) in [5.41, 5.74) is 11.2. The van der Waals surface area contributed by atoms with Crippen LogP contribution in [0.5, 0.6) is 0 Å². The van der Waals surface area contributed by atoms with Gasteiger partial charge in [-0.3, -0.25) is 0 Å². The number of hydrogen-bond donors (Lipinski definition) is 3. The molecule has 0 aromatic heterocycles. The highest BCUT2D eigenvalue weighted by molar-refractivity contribution is 6.34. The molecule has 0 aliphatic heterocycles. The van der Waals surface area contributed by atoms with Crippen molar-refractivity contribution in [3.8, 4) is 0 Å². The molecule has 5 N–H and O–H groups in total. The lowest BCUT2D eigenvalue weighted by Crippen LogP contribution is -2.02. The smallest absolute Gasteiger partial charge is 0.337 e. The monoisotopic (exact) mass is 186 g/mol. The molecule has 0 atom stereocenters. The Morgan fingerprint density at radius 3 is 2.33 bits per heavy atom. The van der Waals surface area contributed by atoms with Crippen molar-refractivity contribution >= 4 is 28.9 Å². The Balaban J connectivity index is 3.33. The summed E-state index contributed by atoms with van der Waals surface area (Å²) in [7, 11) is 0. The predicted octanol–water partition coefficient (Wildman–Crippen LogP) is 1.20. The number of rotatable bonds is 1. The minimum absolute atomic E-state index is 0.0385. The molecular formula is C7H7ClN2O2.